The zero-order valence-corrected chi connectivity index (χ0v) is 10.4. The largest absolute Gasteiger partial charge is 0.481 e. The summed E-state index contributed by atoms with van der Waals surface area (Å²) in [6.45, 7) is 1.57. The van der Waals surface area contributed by atoms with Crippen molar-refractivity contribution in [2.75, 3.05) is 0 Å². The normalized spacial score (nSPS) is 11.9. The Morgan fingerprint density at radius 1 is 1.47 bits per heavy atom. The predicted molar refractivity (Wildman–Crippen MR) is 63.4 cm³/mol. The lowest BCUT2D eigenvalue weighted by Crippen LogP contribution is -2.34. The standard InChI is InChI=1S/C10H10Cl2N2O3/c1-5(4-8(15)16)13-10(17)9-6(11)2-3-7(12)14-9/h2-3,5H,4H2,1H3,(H,13,17)(H,15,16). The lowest BCUT2D eigenvalue weighted by atomic mass is 10.2. The molecule has 1 heterocycles. The molecule has 0 aliphatic carbocycles. The van der Waals surface area contributed by atoms with E-state index in [1.54, 1.807) is 6.92 Å². The van der Waals surface area contributed by atoms with E-state index < -0.39 is 17.9 Å². The minimum absolute atomic E-state index is 0.0172. The molecule has 0 saturated heterocycles. The zero-order chi connectivity index (χ0) is 13.0. The smallest absolute Gasteiger partial charge is 0.305 e. The number of halogens is 2. The highest BCUT2D eigenvalue weighted by atomic mass is 35.5. The van der Waals surface area contributed by atoms with E-state index in [-0.39, 0.29) is 22.3 Å². The van der Waals surface area contributed by atoms with Crippen molar-refractivity contribution in [1.29, 1.82) is 0 Å². The summed E-state index contributed by atoms with van der Waals surface area (Å²) in [5.74, 6) is -1.55. The van der Waals surface area contributed by atoms with Crippen LogP contribution in [-0.2, 0) is 4.79 Å². The van der Waals surface area contributed by atoms with Crippen LogP contribution in [-0.4, -0.2) is 28.0 Å². The summed E-state index contributed by atoms with van der Waals surface area (Å²) in [6.07, 6.45) is -0.177. The average Bonchev–Trinajstić information content (AvgIpc) is 2.20. The number of carbonyl (C=O) groups excluding carboxylic acids is 1. The van der Waals surface area contributed by atoms with Crippen molar-refractivity contribution in [2.24, 2.45) is 0 Å². The molecule has 1 aromatic heterocycles. The van der Waals surface area contributed by atoms with Gasteiger partial charge in [-0.3, -0.25) is 9.59 Å². The van der Waals surface area contributed by atoms with Crippen molar-refractivity contribution < 1.29 is 14.7 Å². The number of hydrogen-bond acceptors (Lipinski definition) is 3. The highest BCUT2D eigenvalue weighted by Crippen LogP contribution is 2.16. The fourth-order valence-electron chi connectivity index (χ4n) is 1.18. The molecule has 1 aromatic rings. The summed E-state index contributed by atoms with van der Waals surface area (Å²) >= 11 is 11.4. The van der Waals surface area contributed by atoms with Gasteiger partial charge in [-0.25, -0.2) is 4.98 Å². The van der Waals surface area contributed by atoms with Crippen LogP contribution in [0, 0.1) is 0 Å². The topological polar surface area (TPSA) is 79.3 Å². The van der Waals surface area contributed by atoms with E-state index in [0.29, 0.717) is 0 Å². The summed E-state index contributed by atoms with van der Waals surface area (Å²) < 4.78 is 0. The molecule has 2 N–H and O–H groups in total. The second-order valence-electron chi connectivity index (χ2n) is 3.44. The van der Waals surface area contributed by atoms with Gasteiger partial charge in [-0.1, -0.05) is 23.2 Å². The number of aliphatic carboxylic acids is 1. The number of nitrogens with zero attached hydrogens (tertiary/aromatic N) is 1. The molecule has 0 radical (unpaired) electrons. The molecular formula is C10H10Cl2N2O3. The highest BCUT2D eigenvalue weighted by molar-refractivity contribution is 6.34. The molecule has 1 amide bonds. The fraction of sp³-hybridized carbons (Fsp3) is 0.300. The maximum Gasteiger partial charge on any atom is 0.305 e. The Labute approximate surface area is 108 Å². The monoisotopic (exact) mass is 276 g/mol. The summed E-state index contributed by atoms with van der Waals surface area (Å²) in [4.78, 5) is 25.9. The molecule has 1 atom stereocenters. The van der Waals surface area contributed by atoms with Crippen LogP contribution in [0.2, 0.25) is 10.2 Å². The van der Waals surface area contributed by atoms with Gasteiger partial charge in [0, 0.05) is 6.04 Å². The molecular weight excluding hydrogens is 267 g/mol. The van der Waals surface area contributed by atoms with Crippen molar-refractivity contribution in [1.82, 2.24) is 10.3 Å². The molecule has 0 aromatic carbocycles. The number of nitrogens with one attached hydrogen (secondary N) is 1. The van der Waals surface area contributed by atoms with Gasteiger partial charge in [0.2, 0.25) is 0 Å². The van der Waals surface area contributed by atoms with Crippen molar-refractivity contribution >= 4 is 35.1 Å². The third kappa shape index (κ3) is 4.20. The number of carboxylic acid groups (broad SMARTS) is 1. The van der Waals surface area contributed by atoms with Gasteiger partial charge in [0.05, 0.1) is 11.4 Å². The molecule has 0 aliphatic rings. The van der Waals surface area contributed by atoms with Gasteiger partial charge in [0.25, 0.3) is 5.91 Å². The molecule has 0 spiro atoms. The van der Waals surface area contributed by atoms with E-state index in [0.717, 1.165) is 0 Å². The Kier molecular flexibility index (Phi) is 4.72. The van der Waals surface area contributed by atoms with E-state index in [1.165, 1.54) is 12.1 Å². The Morgan fingerprint density at radius 3 is 2.71 bits per heavy atom. The Hall–Kier alpha value is -1.33. The van der Waals surface area contributed by atoms with E-state index in [2.05, 4.69) is 10.3 Å². The highest BCUT2D eigenvalue weighted by Gasteiger charge is 2.16. The molecule has 0 aliphatic heterocycles. The van der Waals surface area contributed by atoms with Gasteiger partial charge in [-0.2, -0.15) is 0 Å². The zero-order valence-electron chi connectivity index (χ0n) is 8.91. The minimum atomic E-state index is -0.997. The molecule has 92 valence electrons. The lowest BCUT2D eigenvalue weighted by molar-refractivity contribution is -0.137. The number of carboxylic acids is 1. The Morgan fingerprint density at radius 2 is 2.12 bits per heavy atom. The number of amides is 1. The van der Waals surface area contributed by atoms with Gasteiger partial charge in [-0.05, 0) is 19.1 Å². The van der Waals surface area contributed by atoms with Crippen molar-refractivity contribution in [3.8, 4) is 0 Å². The minimum Gasteiger partial charge on any atom is -0.481 e. The first kappa shape index (κ1) is 13.7. The second-order valence-corrected chi connectivity index (χ2v) is 4.23. The van der Waals surface area contributed by atoms with E-state index in [4.69, 9.17) is 28.3 Å². The number of aromatic nitrogens is 1. The predicted octanol–water partition coefficient (Wildman–Crippen LogP) is 1.98. The number of rotatable bonds is 4. The van der Waals surface area contributed by atoms with Gasteiger partial charge in [0.1, 0.15) is 10.8 Å². The summed E-state index contributed by atoms with van der Waals surface area (Å²) in [5, 5.41) is 11.3. The maximum absolute atomic E-state index is 11.7. The summed E-state index contributed by atoms with van der Waals surface area (Å²) in [6, 6.07) is 2.39. The van der Waals surface area contributed by atoms with Gasteiger partial charge >= 0.3 is 5.97 Å². The SMILES string of the molecule is CC(CC(=O)O)NC(=O)c1nc(Cl)ccc1Cl. The molecule has 1 unspecified atom stereocenters. The van der Waals surface area contributed by atoms with Crippen LogP contribution in [0.25, 0.3) is 0 Å². The summed E-state index contributed by atoms with van der Waals surface area (Å²) in [7, 11) is 0. The Bertz CT molecular complexity index is 451. The molecule has 17 heavy (non-hydrogen) atoms. The molecule has 1 rings (SSSR count). The molecule has 5 nitrogen and oxygen atoms in total. The van der Waals surface area contributed by atoms with Crippen LogP contribution in [0.15, 0.2) is 12.1 Å². The van der Waals surface area contributed by atoms with Crippen LogP contribution in [0.5, 0.6) is 0 Å². The van der Waals surface area contributed by atoms with Crippen molar-refractivity contribution in [2.45, 2.75) is 19.4 Å². The van der Waals surface area contributed by atoms with Crippen LogP contribution >= 0.6 is 23.2 Å². The third-order valence-electron chi connectivity index (χ3n) is 1.89. The average molecular weight is 277 g/mol. The maximum atomic E-state index is 11.7. The summed E-state index contributed by atoms with van der Waals surface area (Å²) in [5.41, 5.74) is -0.0172. The van der Waals surface area contributed by atoms with Gasteiger partial charge in [-0.15, -0.1) is 0 Å². The first-order valence-electron chi connectivity index (χ1n) is 4.75. The first-order valence-corrected chi connectivity index (χ1v) is 5.50. The van der Waals surface area contributed by atoms with Crippen LogP contribution < -0.4 is 5.32 Å². The van der Waals surface area contributed by atoms with Gasteiger partial charge < -0.3 is 10.4 Å². The van der Waals surface area contributed by atoms with Crippen molar-refractivity contribution in [3.05, 3.63) is 28.0 Å². The molecule has 7 heteroatoms. The molecule has 0 saturated carbocycles. The van der Waals surface area contributed by atoms with Crippen LogP contribution in [0.3, 0.4) is 0 Å². The van der Waals surface area contributed by atoms with E-state index in [9.17, 15) is 9.59 Å². The number of hydrogen-bond donors (Lipinski definition) is 2. The quantitative estimate of drug-likeness (QED) is 0.825. The Balaban J connectivity index is 2.76. The van der Waals surface area contributed by atoms with Crippen LogP contribution in [0.1, 0.15) is 23.8 Å². The molecule has 0 bridgehead atoms. The molecule has 0 fully saturated rings. The number of pyridine rings is 1. The van der Waals surface area contributed by atoms with E-state index in [1.807, 2.05) is 0 Å². The first-order chi connectivity index (χ1) is 7.90. The van der Waals surface area contributed by atoms with Crippen LogP contribution in [0.4, 0.5) is 0 Å². The fourth-order valence-corrected chi connectivity index (χ4v) is 1.52. The third-order valence-corrected chi connectivity index (χ3v) is 2.40. The second kappa shape index (κ2) is 5.84. The van der Waals surface area contributed by atoms with Crippen molar-refractivity contribution in [3.63, 3.8) is 0 Å². The van der Waals surface area contributed by atoms with E-state index >= 15 is 0 Å². The van der Waals surface area contributed by atoms with Gasteiger partial charge in [0.15, 0.2) is 0 Å². The lowest BCUT2D eigenvalue weighted by Gasteiger charge is -2.11. The number of carbonyl (C=O) groups is 2.